The maximum Gasteiger partial charge on any atom is 0.257 e. The van der Waals surface area contributed by atoms with Gasteiger partial charge in [-0.05, 0) is 42.5 Å². The average molecular weight is 389 g/mol. The Morgan fingerprint density at radius 2 is 1.36 bits per heavy atom. The van der Waals surface area contributed by atoms with E-state index in [-0.39, 0.29) is 11.1 Å². The summed E-state index contributed by atoms with van der Waals surface area (Å²) in [6, 6.07) is 7.73. The van der Waals surface area contributed by atoms with E-state index in [1.807, 2.05) is 0 Å². The molecule has 0 aliphatic carbocycles. The second-order valence-electron chi connectivity index (χ2n) is 5.60. The van der Waals surface area contributed by atoms with Crippen LogP contribution in [0.15, 0.2) is 54.9 Å². The number of carbonyl (C=O) groups is 2. The molecule has 0 saturated heterocycles. The highest BCUT2D eigenvalue weighted by molar-refractivity contribution is 6.08. The van der Waals surface area contributed by atoms with Gasteiger partial charge in [-0.2, -0.15) is 0 Å². The zero-order valence-corrected chi connectivity index (χ0v) is 14.0. The van der Waals surface area contributed by atoms with Crippen LogP contribution in [0, 0.1) is 23.3 Å². The summed E-state index contributed by atoms with van der Waals surface area (Å²) >= 11 is 0. The monoisotopic (exact) mass is 389 g/mol. The Morgan fingerprint density at radius 1 is 0.750 bits per heavy atom. The fourth-order valence-corrected chi connectivity index (χ4v) is 2.24. The Hall–Kier alpha value is -3.75. The standard InChI is InChI=1S/C19H11F4N3O2/c20-12-1-3-13(4-2-12)25-18(27)10-7-11(9-24-8-10)19(28)26-15-6-5-14(21)16(22)17(15)23/h1-9H,(H,25,27)(H,26,28). The van der Waals surface area contributed by atoms with Gasteiger partial charge in [-0.1, -0.05) is 0 Å². The van der Waals surface area contributed by atoms with Crippen molar-refractivity contribution in [2.24, 2.45) is 0 Å². The maximum absolute atomic E-state index is 13.7. The van der Waals surface area contributed by atoms with Crippen LogP contribution in [0.5, 0.6) is 0 Å². The van der Waals surface area contributed by atoms with Crippen molar-refractivity contribution in [1.82, 2.24) is 4.98 Å². The van der Waals surface area contributed by atoms with Crippen molar-refractivity contribution in [3.8, 4) is 0 Å². The number of nitrogens with zero attached hydrogens (tertiary/aromatic N) is 1. The molecule has 1 aromatic heterocycles. The number of pyridine rings is 1. The van der Waals surface area contributed by atoms with Gasteiger partial charge in [0.05, 0.1) is 16.8 Å². The molecule has 2 aromatic carbocycles. The number of carbonyl (C=O) groups excluding carboxylic acids is 2. The van der Waals surface area contributed by atoms with Crippen molar-refractivity contribution in [1.29, 1.82) is 0 Å². The average Bonchev–Trinajstić information content (AvgIpc) is 2.70. The van der Waals surface area contributed by atoms with Crippen molar-refractivity contribution in [2.45, 2.75) is 0 Å². The number of amides is 2. The highest BCUT2D eigenvalue weighted by atomic mass is 19.2. The molecular formula is C19H11F4N3O2. The van der Waals surface area contributed by atoms with Crippen LogP contribution < -0.4 is 10.6 Å². The van der Waals surface area contributed by atoms with Crippen LogP contribution in [0.3, 0.4) is 0 Å². The number of aromatic nitrogens is 1. The summed E-state index contributed by atoms with van der Waals surface area (Å²) in [4.78, 5) is 28.2. The molecule has 0 unspecified atom stereocenters. The first-order chi connectivity index (χ1) is 13.3. The SMILES string of the molecule is O=C(Nc1ccc(F)cc1)c1cncc(C(=O)Nc2ccc(F)c(F)c2F)c1. The minimum Gasteiger partial charge on any atom is -0.322 e. The van der Waals surface area contributed by atoms with E-state index in [1.54, 1.807) is 0 Å². The van der Waals surface area contributed by atoms with Crippen LogP contribution >= 0.6 is 0 Å². The third-order valence-corrected chi connectivity index (χ3v) is 3.65. The summed E-state index contributed by atoms with van der Waals surface area (Å²) in [5.41, 5.74) is -0.353. The first-order valence-electron chi connectivity index (χ1n) is 7.82. The zero-order chi connectivity index (χ0) is 20.3. The van der Waals surface area contributed by atoms with Crippen molar-refractivity contribution < 1.29 is 27.2 Å². The van der Waals surface area contributed by atoms with Crippen molar-refractivity contribution in [3.63, 3.8) is 0 Å². The third kappa shape index (κ3) is 4.14. The third-order valence-electron chi connectivity index (χ3n) is 3.65. The molecule has 0 atom stereocenters. The van der Waals surface area contributed by atoms with Crippen LogP contribution in [0.25, 0.3) is 0 Å². The Balaban J connectivity index is 1.77. The van der Waals surface area contributed by atoms with Gasteiger partial charge in [0, 0.05) is 18.1 Å². The molecule has 0 radical (unpaired) electrons. The lowest BCUT2D eigenvalue weighted by Crippen LogP contribution is -2.17. The summed E-state index contributed by atoms with van der Waals surface area (Å²) in [5, 5.41) is 4.58. The zero-order valence-electron chi connectivity index (χ0n) is 14.0. The van der Waals surface area contributed by atoms with Crippen LogP contribution in [0.4, 0.5) is 28.9 Å². The van der Waals surface area contributed by atoms with Gasteiger partial charge >= 0.3 is 0 Å². The van der Waals surface area contributed by atoms with Gasteiger partial charge < -0.3 is 10.6 Å². The van der Waals surface area contributed by atoms with E-state index in [4.69, 9.17) is 0 Å². The van der Waals surface area contributed by atoms with E-state index in [1.165, 1.54) is 24.4 Å². The van der Waals surface area contributed by atoms with Gasteiger partial charge in [0.2, 0.25) is 0 Å². The molecular weight excluding hydrogens is 378 g/mol. The van der Waals surface area contributed by atoms with E-state index < -0.39 is 40.8 Å². The minimum absolute atomic E-state index is 0.00253. The molecule has 142 valence electrons. The molecule has 0 bridgehead atoms. The number of rotatable bonds is 4. The Bertz CT molecular complexity index is 1060. The first kappa shape index (κ1) is 19.0. The molecule has 1 heterocycles. The smallest absolute Gasteiger partial charge is 0.257 e. The second kappa shape index (κ2) is 7.87. The number of benzene rings is 2. The normalized spacial score (nSPS) is 10.4. The highest BCUT2D eigenvalue weighted by Gasteiger charge is 2.17. The number of halogens is 4. The van der Waals surface area contributed by atoms with Gasteiger partial charge in [0.1, 0.15) is 5.82 Å². The number of nitrogens with one attached hydrogen (secondary N) is 2. The van der Waals surface area contributed by atoms with E-state index in [2.05, 4.69) is 15.6 Å². The van der Waals surface area contributed by atoms with Crippen molar-refractivity contribution >= 4 is 23.2 Å². The van der Waals surface area contributed by atoms with Gasteiger partial charge in [-0.15, -0.1) is 0 Å². The van der Waals surface area contributed by atoms with Crippen molar-refractivity contribution in [2.75, 3.05) is 10.6 Å². The van der Waals surface area contributed by atoms with Crippen LogP contribution in [0.1, 0.15) is 20.7 Å². The Kier molecular flexibility index (Phi) is 5.35. The molecule has 0 fully saturated rings. The molecule has 0 saturated carbocycles. The highest BCUT2D eigenvalue weighted by Crippen LogP contribution is 2.20. The Labute approximate surface area is 156 Å². The van der Waals surface area contributed by atoms with Crippen molar-refractivity contribution in [3.05, 3.63) is 89.3 Å². The molecule has 28 heavy (non-hydrogen) atoms. The van der Waals surface area contributed by atoms with Crippen LogP contribution in [-0.4, -0.2) is 16.8 Å². The largest absolute Gasteiger partial charge is 0.322 e. The molecule has 2 N–H and O–H groups in total. The van der Waals surface area contributed by atoms with Gasteiger partial charge in [0.15, 0.2) is 17.5 Å². The van der Waals surface area contributed by atoms with E-state index >= 15 is 0 Å². The fraction of sp³-hybridized carbons (Fsp3) is 0. The quantitative estimate of drug-likeness (QED) is 0.520. The maximum atomic E-state index is 13.7. The number of hydrogen-bond donors (Lipinski definition) is 2. The fourth-order valence-electron chi connectivity index (χ4n) is 2.24. The second-order valence-corrected chi connectivity index (χ2v) is 5.60. The molecule has 0 spiro atoms. The molecule has 0 aliphatic rings. The van der Waals surface area contributed by atoms with Gasteiger partial charge in [-0.3, -0.25) is 14.6 Å². The number of anilines is 2. The van der Waals surface area contributed by atoms with E-state index in [9.17, 15) is 27.2 Å². The summed E-state index contributed by atoms with van der Waals surface area (Å²) < 4.78 is 52.8. The number of hydrogen-bond acceptors (Lipinski definition) is 3. The summed E-state index contributed by atoms with van der Waals surface area (Å²) in [7, 11) is 0. The first-order valence-corrected chi connectivity index (χ1v) is 7.82. The molecule has 2 amide bonds. The Morgan fingerprint density at radius 3 is 2.00 bits per heavy atom. The lowest BCUT2D eigenvalue weighted by Gasteiger charge is -2.09. The summed E-state index contributed by atoms with van der Waals surface area (Å²) in [6.45, 7) is 0. The summed E-state index contributed by atoms with van der Waals surface area (Å²) in [6.07, 6.45) is 2.30. The molecule has 9 heteroatoms. The lowest BCUT2D eigenvalue weighted by molar-refractivity contribution is 0.102. The van der Waals surface area contributed by atoms with E-state index in [0.717, 1.165) is 24.4 Å². The predicted octanol–water partition coefficient (Wildman–Crippen LogP) is 4.14. The predicted molar refractivity (Wildman–Crippen MR) is 92.9 cm³/mol. The van der Waals surface area contributed by atoms with Gasteiger partial charge in [0.25, 0.3) is 11.8 Å². The van der Waals surface area contributed by atoms with Crippen LogP contribution in [0.2, 0.25) is 0 Å². The molecule has 0 aliphatic heterocycles. The lowest BCUT2D eigenvalue weighted by atomic mass is 10.1. The molecule has 5 nitrogen and oxygen atoms in total. The molecule has 3 aromatic rings. The van der Waals surface area contributed by atoms with E-state index in [0.29, 0.717) is 11.8 Å². The summed E-state index contributed by atoms with van der Waals surface area (Å²) in [5.74, 6) is -6.63. The minimum atomic E-state index is -1.72. The van der Waals surface area contributed by atoms with Gasteiger partial charge in [-0.25, -0.2) is 17.6 Å². The van der Waals surface area contributed by atoms with Crippen LogP contribution in [-0.2, 0) is 0 Å². The topological polar surface area (TPSA) is 71.1 Å². The molecule has 3 rings (SSSR count).